The molecular formula is C4H6BrNO3. The molecule has 1 unspecified atom stereocenters. The van der Waals surface area contributed by atoms with E-state index in [4.69, 9.17) is 0 Å². The molecule has 52 valence electrons. The quantitative estimate of drug-likeness (QED) is 0.286. The highest BCUT2D eigenvalue weighted by molar-refractivity contribution is 9.09. The van der Waals surface area contributed by atoms with Gasteiger partial charge in [0, 0.05) is 11.3 Å². The average molecular weight is 196 g/mol. The first-order valence-electron chi connectivity index (χ1n) is 2.38. The highest BCUT2D eigenvalue weighted by Gasteiger charge is 2.05. The van der Waals surface area contributed by atoms with E-state index in [9.17, 15) is 14.9 Å². The zero-order valence-corrected chi connectivity index (χ0v) is 6.20. The molecule has 0 spiro atoms. The molecule has 0 aromatic heterocycles. The van der Waals surface area contributed by atoms with Crippen LogP contribution in [-0.2, 0) is 4.79 Å². The average Bonchev–Trinajstić information content (AvgIpc) is 1.83. The fraction of sp³-hybridized carbons (Fsp3) is 0.750. The Kier molecular flexibility index (Phi) is 4.21. The Morgan fingerprint density at radius 2 is 2.33 bits per heavy atom. The van der Waals surface area contributed by atoms with Crippen molar-refractivity contribution in [3.63, 3.8) is 0 Å². The third-order valence-corrected chi connectivity index (χ3v) is 1.41. The van der Waals surface area contributed by atoms with Gasteiger partial charge in [0.05, 0.1) is 4.83 Å². The number of nitro groups is 1. The molecule has 0 heterocycles. The zero-order valence-electron chi connectivity index (χ0n) is 4.62. The molecule has 0 amide bonds. The SMILES string of the molecule is O=CC(Br)CC[N+](=O)[O-]. The maximum Gasteiger partial charge on any atom is 0.205 e. The van der Waals surface area contributed by atoms with E-state index in [0.29, 0.717) is 6.29 Å². The van der Waals surface area contributed by atoms with Gasteiger partial charge in [0.25, 0.3) is 0 Å². The molecule has 1 atom stereocenters. The first kappa shape index (κ1) is 8.55. The van der Waals surface area contributed by atoms with E-state index in [2.05, 4.69) is 15.9 Å². The van der Waals surface area contributed by atoms with Gasteiger partial charge in [-0.25, -0.2) is 0 Å². The first-order chi connectivity index (χ1) is 4.16. The fourth-order valence-corrected chi connectivity index (χ4v) is 0.502. The first-order valence-corrected chi connectivity index (χ1v) is 3.29. The highest BCUT2D eigenvalue weighted by Crippen LogP contribution is 1.99. The van der Waals surface area contributed by atoms with E-state index in [-0.39, 0.29) is 17.8 Å². The van der Waals surface area contributed by atoms with Gasteiger partial charge >= 0.3 is 0 Å². The third kappa shape index (κ3) is 5.42. The van der Waals surface area contributed by atoms with Crippen LogP contribution in [0.25, 0.3) is 0 Å². The van der Waals surface area contributed by atoms with Crippen LogP contribution < -0.4 is 0 Å². The van der Waals surface area contributed by atoms with Crippen LogP contribution in [0.3, 0.4) is 0 Å². The summed E-state index contributed by atoms with van der Waals surface area (Å²) in [4.78, 5) is 18.7. The molecule has 0 radical (unpaired) electrons. The smallest absolute Gasteiger partial charge is 0.205 e. The van der Waals surface area contributed by atoms with Crippen molar-refractivity contribution >= 4 is 22.2 Å². The van der Waals surface area contributed by atoms with Crippen LogP contribution in [0, 0.1) is 10.1 Å². The summed E-state index contributed by atoms with van der Waals surface area (Å²) in [5.41, 5.74) is 0. The molecule has 0 bridgehead atoms. The molecule has 4 nitrogen and oxygen atoms in total. The topological polar surface area (TPSA) is 60.2 Å². The minimum Gasteiger partial charge on any atom is -0.302 e. The van der Waals surface area contributed by atoms with Gasteiger partial charge in [-0.2, -0.15) is 0 Å². The predicted octanol–water partition coefficient (Wildman–Crippen LogP) is 0.616. The minimum atomic E-state index is -0.447. The fourth-order valence-electron chi connectivity index (χ4n) is 0.297. The van der Waals surface area contributed by atoms with E-state index in [1.165, 1.54) is 0 Å². The van der Waals surface area contributed by atoms with Crippen molar-refractivity contribution < 1.29 is 9.72 Å². The molecule has 0 aliphatic rings. The summed E-state index contributed by atoms with van der Waals surface area (Å²) in [5, 5.41) is 9.69. The lowest BCUT2D eigenvalue weighted by molar-refractivity contribution is -0.480. The number of carbonyl (C=O) groups is 1. The third-order valence-electron chi connectivity index (χ3n) is 0.735. The number of rotatable bonds is 4. The summed E-state index contributed by atoms with van der Waals surface area (Å²) in [6, 6.07) is 0. The lowest BCUT2D eigenvalue weighted by atomic mass is 10.3. The van der Waals surface area contributed by atoms with Crippen LogP contribution in [0.15, 0.2) is 0 Å². The summed E-state index contributed by atoms with van der Waals surface area (Å²) in [5.74, 6) is 0. The van der Waals surface area contributed by atoms with E-state index < -0.39 is 4.92 Å². The van der Waals surface area contributed by atoms with Crippen molar-refractivity contribution in [3.05, 3.63) is 10.1 Å². The van der Waals surface area contributed by atoms with Crippen molar-refractivity contribution in [1.82, 2.24) is 0 Å². The lowest BCUT2D eigenvalue weighted by Crippen LogP contribution is -2.08. The van der Waals surface area contributed by atoms with Gasteiger partial charge in [0.15, 0.2) is 0 Å². The van der Waals surface area contributed by atoms with Gasteiger partial charge in [-0.1, -0.05) is 15.9 Å². The maximum absolute atomic E-state index is 9.85. The molecule has 0 saturated heterocycles. The Bertz CT molecular complexity index is 116. The summed E-state index contributed by atoms with van der Waals surface area (Å²) in [6.45, 7) is -0.158. The molecule has 0 rings (SSSR count). The van der Waals surface area contributed by atoms with Crippen molar-refractivity contribution in [2.24, 2.45) is 0 Å². The van der Waals surface area contributed by atoms with Crippen molar-refractivity contribution in [2.45, 2.75) is 11.2 Å². The second-order valence-corrected chi connectivity index (χ2v) is 2.67. The van der Waals surface area contributed by atoms with Gasteiger partial charge in [-0.05, 0) is 0 Å². The van der Waals surface area contributed by atoms with E-state index in [1.807, 2.05) is 0 Å². The number of hydrogen-bond acceptors (Lipinski definition) is 3. The second kappa shape index (κ2) is 4.43. The molecule has 0 aromatic rings. The Labute approximate surface area is 60.5 Å². The van der Waals surface area contributed by atoms with E-state index >= 15 is 0 Å². The minimum absolute atomic E-state index is 0.158. The molecule has 0 aliphatic carbocycles. The summed E-state index contributed by atoms with van der Waals surface area (Å²) < 4.78 is 0. The van der Waals surface area contributed by atoms with Crippen molar-refractivity contribution in [2.75, 3.05) is 6.54 Å². The molecule has 0 fully saturated rings. The number of alkyl halides is 1. The lowest BCUT2D eigenvalue weighted by Gasteiger charge is -1.93. The largest absolute Gasteiger partial charge is 0.302 e. The standard InChI is InChI=1S/C4H6BrNO3/c5-4(3-7)1-2-6(8)9/h3-4H,1-2H2. The van der Waals surface area contributed by atoms with Crippen LogP contribution in [0.4, 0.5) is 0 Å². The second-order valence-electron chi connectivity index (χ2n) is 1.50. The van der Waals surface area contributed by atoms with Gasteiger partial charge in [0.2, 0.25) is 6.54 Å². The predicted molar refractivity (Wildman–Crippen MR) is 35.3 cm³/mol. The molecule has 0 N–H and O–H groups in total. The van der Waals surface area contributed by atoms with E-state index in [0.717, 1.165) is 0 Å². The molecular weight excluding hydrogens is 190 g/mol. The van der Waals surface area contributed by atoms with Gasteiger partial charge in [-0.15, -0.1) is 0 Å². The van der Waals surface area contributed by atoms with Gasteiger partial charge in [-0.3, -0.25) is 10.1 Å². The molecule has 0 aliphatic heterocycles. The molecule has 9 heavy (non-hydrogen) atoms. The van der Waals surface area contributed by atoms with Gasteiger partial charge < -0.3 is 4.79 Å². The van der Waals surface area contributed by atoms with Crippen LogP contribution in [0.2, 0.25) is 0 Å². The number of carbonyl (C=O) groups excluding carboxylic acids is 1. The highest BCUT2D eigenvalue weighted by atomic mass is 79.9. The number of nitrogens with zero attached hydrogens (tertiary/aromatic N) is 1. The monoisotopic (exact) mass is 195 g/mol. The summed E-state index contributed by atoms with van der Waals surface area (Å²) in [6.07, 6.45) is 0.903. The Morgan fingerprint density at radius 1 is 1.78 bits per heavy atom. The van der Waals surface area contributed by atoms with Crippen LogP contribution in [0.1, 0.15) is 6.42 Å². The van der Waals surface area contributed by atoms with Crippen LogP contribution in [-0.4, -0.2) is 22.6 Å². The Morgan fingerprint density at radius 3 is 2.67 bits per heavy atom. The van der Waals surface area contributed by atoms with E-state index in [1.54, 1.807) is 0 Å². The summed E-state index contributed by atoms with van der Waals surface area (Å²) >= 11 is 2.93. The Hall–Kier alpha value is -0.450. The number of halogens is 1. The molecule has 0 saturated carbocycles. The summed E-state index contributed by atoms with van der Waals surface area (Å²) in [7, 11) is 0. The van der Waals surface area contributed by atoms with Crippen molar-refractivity contribution in [3.8, 4) is 0 Å². The van der Waals surface area contributed by atoms with Crippen LogP contribution >= 0.6 is 15.9 Å². The maximum atomic E-state index is 9.85. The zero-order chi connectivity index (χ0) is 7.28. The molecule has 5 heteroatoms. The van der Waals surface area contributed by atoms with Gasteiger partial charge in [0.1, 0.15) is 6.29 Å². The van der Waals surface area contributed by atoms with Crippen molar-refractivity contribution in [1.29, 1.82) is 0 Å². The normalized spacial score (nSPS) is 12.6. The van der Waals surface area contributed by atoms with Crippen LogP contribution in [0.5, 0.6) is 0 Å². The number of hydrogen-bond donors (Lipinski definition) is 0. The molecule has 0 aromatic carbocycles. The Balaban J connectivity index is 3.26. The number of aldehydes is 1.